The van der Waals surface area contributed by atoms with Gasteiger partial charge in [-0.25, -0.2) is 0 Å². The molecule has 0 aromatic carbocycles. The summed E-state index contributed by atoms with van der Waals surface area (Å²) < 4.78 is 0. The maximum absolute atomic E-state index is 11.9. The molecule has 1 fully saturated rings. The molecule has 3 N–H and O–H groups in total. The van der Waals surface area contributed by atoms with Crippen LogP contribution in [-0.2, 0) is 4.79 Å². The fourth-order valence-electron chi connectivity index (χ4n) is 2.57. The molecule has 0 spiro atoms. The van der Waals surface area contributed by atoms with Gasteiger partial charge in [0.15, 0.2) is 0 Å². The van der Waals surface area contributed by atoms with E-state index in [1.807, 2.05) is 0 Å². The summed E-state index contributed by atoms with van der Waals surface area (Å²) in [7, 11) is 0. The molecule has 0 aliphatic heterocycles. The quantitative estimate of drug-likeness (QED) is 0.759. The predicted octanol–water partition coefficient (Wildman–Crippen LogP) is 2.24. The van der Waals surface area contributed by atoms with E-state index in [2.05, 4.69) is 19.2 Å². The van der Waals surface area contributed by atoms with Crippen molar-refractivity contribution in [1.82, 2.24) is 5.32 Å². The molecule has 0 heterocycles. The van der Waals surface area contributed by atoms with Gasteiger partial charge in [0.2, 0.25) is 5.91 Å². The maximum Gasteiger partial charge on any atom is 0.229 e. The molecule has 1 rings (SSSR count). The first-order chi connectivity index (χ1) is 7.93. The van der Waals surface area contributed by atoms with Crippen LogP contribution in [0.15, 0.2) is 0 Å². The van der Waals surface area contributed by atoms with Crippen molar-refractivity contribution in [3.8, 4) is 0 Å². The molecule has 0 saturated heterocycles. The van der Waals surface area contributed by atoms with E-state index in [-0.39, 0.29) is 16.8 Å². The number of hydrogen-bond donors (Lipinski definition) is 2. The van der Waals surface area contributed by atoms with Crippen LogP contribution in [0.3, 0.4) is 0 Å². The molecule has 98 valence electrons. The minimum atomic E-state index is -0.361. The summed E-state index contributed by atoms with van der Waals surface area (Å²) in [6, 6.07) is 0.299. The highest BCUT2D eigenvalue weighted by Gasteiger charge is 2.30. The van der Waals surface area contributed by atoms with E-state index < -0.39 is 0 Å². The second-order valence-corrected chi connectivity index (χ2v) is 5.90. The van der Waals surface area contributed by atoms with Crippen molar-refractivity contribution in [3.63, 3.8) is 0 Å². The Bertz CT molecular complexity index is 291. The topological polar surface area (TPSA) is 55.1 Å². The zero-order valence-electron chi connectivity index (χ0n) is 11.0. The normalized spacial score (nSPS) is 26.6. The minimum Gasteiger partial charge on any atom is -0.393 e. The van der Waals surface area contributed by atoms with Crippen molar-refractivity contribution in [2.45, 2.75) is 52.5 Å². The Labute approximate surface area is 110 Å². The number of carbonyl (C=O) groups is 1. The average molecular weight is 256 g/mol. The first kappa shape index (κ1) is 14.4. The van der Waals surface area contributed by atoms with Crippen LogP contribution in [0.4, 0.5) is 0 Å². The van der Waals surface area contributed by atoms with Crippen molar-refractivity contribution in [3.05, 3.63) is 0 Å². The van der Waals surface area contributed by atoms with Gasteiger partial charge in [0.05, 0.1) is 10.9 Å². The highest BCUT2D eigenvalue weighted by Crippen LogP contribution is 2.30. The highest BCUT2D eigenvalue weighted by atomic mass is 32.1. The van der Waals surface area contributed by atoms with Crippen LogP contribution >= 0.6 is 12.2 Å². The number of nitrogens with one attached hydrogen (secondary N) is 1. The smallest absolute Gasteiger partial charge is 0.229 e. The number of rotatable bonds is 4. The summed E-state index contributed by atoms with van der Waals surface area (Å²) >= 11 is 4.86. The molecule has 1 amide bonds. The largest absolute Gasteiger partial charge is 0.393 e. The van der Waals surface area contributed by atoms with Crippen LogP contribution in [0.25, 0.3) is 0 Å². The Balaban J connectivity index is 2.59. The second kappa shape index (κ2) is 6.34. The van der Waals surface area contributed by atoms with E-state index in [9.17, 15) is 4.79 Å². The molecule has 4 heteroatoms. The van der Waals surface area contributed by atoms with Crippen LogP contribution in [0.1, 0.15) is 46.5 Å². The van der Waals surface area contributed by atoms with E-state index in [1.54, 1.807) is 6.92 Å². The average Bonchev–Trinajstić information content (AvgIpc) is 2.28. The van der Waals surface area contributed by atoms with Gasteiger partial charge in [-0.1, -0.05) is 38.9 Å². The van der Waals surface area contributed by atoms with Crippen molar-refractivity contribution in [1.29, 1.82) is 0 Å². The zero-order chi connectivity index (χ0) is 13.0. The summed E-state index contributed by atoms with van der Waals surface area (Å²) in [4.78, 5) is 12.2. The highest BCUT2D eigenvalue weighted by molar-refractivity contribution is 7.80. The lowest BCUT2D eigenvalue weighted by atomic mass is 9.77. The molecule has 0 aromatic rings. The lowest BCUT2D eigenvalue weighted by Crippen LogP contribution is -2.47. The standard InChI is InChI=1S/C13H24N2OS/c1-8(2)10-6-4-5-7-11(10)15-13(16)9(3)12(14)17/h8-11H,4-7H2,1-3H3,(H2,14,17)(H,15,16). The van der Waals surface area contributed by atoms with Crippen LogP contribution in [-0.4, -0.2) is 16.9 Å². The molecule has 0 radical (unpaired) electrons. The fraction of sp³-hybridized carbons (Fsp3) is 0.846. The number of carbonyl (C=O) groups excluding carboxylic acids is 1. The van der Waals surface area contributed by atoms with E-state index in [0.29, 0.717) is 17.9 Å². The van der Waals surface area contributed by atoms with Gasteiger partial charge in [0.25, 0.3) is 0 Å². The molecular formula is C13H24N2OS. The number of nitrogens with two attached hydrogens (primary N) is 1. The molecule has 1 aliphatic rings. The summed E-state index contributed by atoms with van der Waals surface area (Å²) in [6.45, 7) is 6.23. The summed E-state index contributed by atoms with van der Waals surface area (Å²) in [6.07, 6.45) is 4.78. The Morgan fingerprint density at radius 3 is 2.41 bits per heavy atom. The SMILES string of the molecule is CC(C(=O)NC1CCCCC1C(C)C)C(N)=S. The maximum atomic E-state index is 11.9. The van der Waals surface area contributed by atoms with Crippen molar-refractivity contribution >= 4 is 23.1 Å². The Kier molecular flexibility index (Phi) is 5.37. The Morgan fingerprint density at radius 1 is 1.29 bits per heavy atom. The van der Waals surface area contributed by atoms with Crippen molar-refractivity contribution in [2.75, 3.05) is 0 Å². The van der Waals surface area contributed by atoms with Crippen LogP contribution in [0, 0.1) is 17.8 Å². The first-order valence-electron chi connectivity index (χ1n) is 6.53. The zero-order valence-corrected chi connectivity index (χ0v) is 11.8. The lowest BCUT2D eigenvalue weighted by Gasteiger charge is -2.35. The third-order valence-electron chi connectivity index (χ3n) is 3.82. The van der Waals surface area contributed by atoms with Gasteiger partial charge < -0.3 is 11.1 Å². The van der Waals surface area contributed by atoms with Crippen molar-refractivity contribution in [2.24, 2.45) is 23.5 Å². The second-order valence-electron chi connectivity index (χ2n) is 5.43. The molecule has 1 aliphatic carbocycles. The van der Waals surface area contributed by atoms with Gasteiger partial charge in [-0.2, -0.15) is 0 Å². The summed E-state index contributed by atoms with van der Waals surface area (Å²) in [5, 5.41) is 3.12. The molecule has 3 nitrogen and oxygen atoms in total. The summed E-state index contributed by atoms with van der Waals surface area (Å²) in [5.74, 6) is 0.821. The van der Waals surface area contributed by atoms with Gasteiger partial charge in [0, 0.05) is 6.04 Å². The molecule has 0 aromatic heterocycles. The Morgan fingerprint density at radius 2 is 1.88 bits per heavy atom. The molecule has 1 saturated carbocycles. The lowest BCUT2D eigenvalue weighted by molar-refractivity contribution is -0.124. The number of thiocarbonyl (C=S) groups is 1. The van der Waals surface area contributed by atoms with Crippen LogP contribution < -0.4 is 11.1 Å². The number of hydrogen-bond acceptors (Lipinski definition) is 2. The third kappa shape index (κ3) is 3.95. The molecule has 3 atom stereocenters. The molecular weight excluding hydrogens is 232 g/mol. The predicted molar refractivity (Wildman–Crippen MR) is 74.7 cm³/mol. The van der Waals surface area contributed by atoms with Gasteiger partial charge in [-0.3, -0.25) is 4.79 Å². The van der Waals surface area contributed by atoms with E-state index in [4.69, 9.17) is 18.0 Å². The van der Waals surface area contributed by atoms with Gasteiger partial charge in [-0.15, -0.1) is 0 Å². The molecule has 0 bridgehead atoms. The Hall–Kier alpha value is -0.640. The summed E-state index contributed by atoms with van der Waals surface area (Å²) in [5.41, 5.74) is 5.51. The van der Waals surface area contributed by atoms with E-state index in [0.717, 1.165) is 6.42 Å². The van der Waals surface area contributed by atoms with Gasteiger partial charge in [-0.05, 0) is 31.6 Å². The molecule has 3 unspecified atom stereocenters. The number of amides is 1. The third-order valence-corrected chi connectivity index (χ3v) is 4.18. The van der Waals surface area contributed by atoms with Crippen molar-refractivity contribution < 1.29 is 4.79 Å². The monoisotopic (exact) mass is 256 g/mol. The molecule has 17 heavy (non-hydrogen) atoms. The van der Waals surface area contributed by atoms with Gasteiger partial charge in [0.1, 0.15) is 0 Å². The van der Waals surface area contributed by atoms with E-state index in [1.165, 1.54) is 19.3 Å². The van der Waals surface area contributed by atoms with Crippen LogP contribution in [0.2, 0.25) is 0 Å². The first-order valence-corrected chi connectivity index (χ1v) is 6.94. The fourth-order valence-corrected chi connectivity index (χ4v) is 2.68. The van der Waals surface area contributed by atoms with Gasteiger partial charge >= 0.3 is 0 Å². The van der Waals surface area contributed by atoms with Crippen LogP contribution in [0.5, 0.6) is 0 Å². The van der Waals surface area contributed by atoms with E-state index >= 15 is 0 Å². The minimum absolute atomic E-state index is 0.0185.